The fraction of sp³-hybridized carbons (Fsp3) is 0.429. The minimum absolute atomic E-state index is 0.0311. The molecule has 0 radical (unpaired) electrons. The molecule has 0 aliphatic carbocycles. The Morgan fingerprint density at radius 3 is 1.95 bits per heavy atom. The van der Waals surface area contributed by atoms with Gasteiger partial charge in [0.25, 0.3) is 0 Å². The molecule has 6 N–H and O–H groups in total. The summed E-state index contributed by atoms with van der Waals surface area (Å²) in [5, 5.41) is 23.3. The van der Waals surface area contributed by atoms with Crippen LogP contribution in [0.5, 0.6) is 11.5 Å². The maximum Gasteiger partial charge on any atom is 0.334 e. The first-order valence-corrected chi connectivity index (χ1v) is 18.5. The number of aromatic hydroxyl groups is 1. The molecule has 0 bridgehead atoms. The average molecular weight is 756 g/mol. The third-order valence-corrected chi connectivity index (χ3v) is 9.38. The van der Waals surface area contributed by atoms with Gasteiger partial charge in [0.2, 0.25) is 29.5 Å². The number of nitrogens with one attached hydrogen (secondary N) is 5. The van der Waals surface area contributed by atoms with Crippen molar-refractivity contribution < 1.29 is 38.6 Å². The fourth-order valence-corrected chi connectivity index (χ4v) is 6.83. The van der Waals surface area contributed by atoms with Crippen LogP contribution >= 0.6 is 0 Å². The Morgan fingerprint density at radius 2 is 1.33 bits per heavy atom. The van der Waals surface area contributed by atoms with E-state index in [2.05, 4.69) is 26.6 Å². The fourth-order valence-electron chi connectivity index (χ4n) is 6.83. The van der Waals surface area contributed by atoms with E-state index in [4.69, 9.17) is 4.74 Å². The summed E-state index contributed by atoms with van der Waals surface area (Å²) in [6.45, 7) is 12.1. The number of ether oxygens (including phenoxy) is 1. The van der Waals surface area contributed by atoms with Crippen molar-refractivity contribution in [1.82, 2.24) is 26.6 Å². The van der Waals surface area contributed by atoms with Gasteiger partial charge in [0, 0.05) is 30.2 Å². The monoisotopic (exact) mass is 755 g/mol. The molecule has 13 heteroatoms. The van der Waals surface area contributed by atoms with Crippen molar-refractivity contribution in [3.63, 3.8) is 0 Å². The zero-order valence-electron chi connectivity index (χ0n) is 32.6. The summed E-state index contributed by atoms with van der Waals surface area (Å²) in [7, 11) is 0. The maximum atomic E-state index is 14.0. The van der Waals surface area contributed by atoms with Gasteiger partial charge in [-0.05, 0) is 73.6 Å². The SMILES string of the molecule is Cc1cc(C)c2c(c1)OC(=O)C(CC(C)C)NC(=O)[C@H](Cc1ccccc1)NC(=O)CNC(=O)[C@@H](C)NC(=O)C(Cc1ccc(O)cc1)NC(=O)CC2(C)C. The van der Waals surface area contributed by atoms with Crippen molar-refractivity contribution in [2.45, 2.75) is 104 Å². The largest absolute Gasteiger partial charge is 0.508 e. The number of esters is 1. The van der Waals surface area contributed by atoms with Gasteiger partial charge >= 0.3 is 5.97 Å². The zero-order valence-corrected chi connectivity index (χ0v) is 32.6. The number of hydrogen-bond donors (Lipinski definition) is 6. The smallest absolute Gasteiger partial charge is 0.334 e. The van der Waals surface area contributed by atoms with Gasteiger partial charge in [0.15, 0.2) is 0 Å². The number of amides is 5. The lowest BCUT2D eigenvalue weighted by atomic mass is 9.78. The molecule has 3 aromatic rings. The number of rotatable bonds is 6. The van der Waals surface area contributed by atoms with E-state index in [0.717, 1.165) is 16.7 Å². The second-order valence-corrected chi connectivity index (χ2v) is 15.4. The average Bonchev–Trinajstić information content (AvgIpc) is 3.09. The number of carbonyl (C=O) groups is 6. The molecule has 4 rings (SSSR count). The third-order valence-electron chi connectivity index (χ3n) is 9.38. The van der Waals surface area contributed by atoms with E-state index in [0.29, 0.717) is 11.1 Å². The molecular weight excluding hydrogens is 702 g/mol. The van der Waals surface area contributed by atoms with Gasteiger partial charge in [-0.1, -0.05) is 76.2 Å². The first kappa shape index (κ1) is 42.0. The Balaban J connectivity index is 1.75. The van der Waals surface area contributed by atoms with Gasteiger partial charge in [-0.25, -0.2) is 4.79 Å². The van der Waals surface area contributed by atoms with Crippen molar-refractivity contribution >= 4 is 35.5 Å². The highest BCUT2D eigenvalue weighted by molar-refractivity contribution is 5.95. The minimum Gasteiger partial charge on any atom is -0.508 e. The van der Waals surface area contributed by atoms with Crippen LogP contribution in [0.2, 0.25) is 0 Å². The highest BCUT2D eigenvalue weighted by Crippen LogP contribution is 2.38. The Kier molecular flexibility index (Phi) is 14.2. The van der Waals surface area contributed by atoms with Crippen molar-refractivity contribution in [2.75, 3.05) is 6.54 Å². The Hall–Kier alpha value is -5.72. The lowest BCUT2D eigenvalue weighted by Gasteiger charge is -2.30. The van der Waals surface area contributed by atoms with Crippen LogP contribution in [0.25, 0.3) is 0 Å². The van der Waals surface area contributed by atoms with E-state index in [1.54, 1.807) is 30.3 Å². The highest BCUT2D eigenvalue weighted by Gasteiger charge is 2.35. The van der Waals surface area contributed by atoms with Gasteiger partial charge in [-0.3, -0.25) is 24.0 Å². The molecular formula is C42H53N5O8. The molecule has 5 amide bonds. The van der Waals surface area contributed by atoms with E-state index in [9.17, 15) is 33.9 Å². The molecule has 13 nitrogen and oxygen atoms in total. The molecule has 0 aromatic heterocycles. The van der Waals surface area contributed by atoms with Crippen molar-refractivity contribution in [3.8, 4) is 11.5 Å². The summed E-state index contributed by atoms with van der Waals surface area (Å²) in [6.07, 6.45) is 0.265. The molecule has 3 aromatic carbocycles. The van der Waals surface area contributed by atoms with E-state index in [1.165, 1.54) is 19.1 Å². The zero-order chi connectivity index (χ0) is 40.4. The van der Waals surface area contributed by atoms with Gasteiger partial charge in [0.1, 0.15) is 35.7 Å². The quantitative estimate of drug-likeness (QED) is 0.163. The molecule has 294 valence electrons. The number of phenols is 1. The first-order chi connectivity index (χ1) is 25.9. The van der Waals surface area contributed by atoms with Crippen LogP contribution in [0, 0.1) is 19.8 Å². The predicted octanol–water partition coefficient (Wildman–Crippen LogP) is 3.20. The second-order valence-electron chi connectivity index (χ2n) is 15.4. The first-order valence-electron chi connectivity index (χ1n) is 18.5. The molecule has 4 atom stereocenters. The normalized spacial score (nSPS) is 21.8. The van der Waals surface area contributed by atoms with E-state index in [-0.39, 0.29) is 43.1 Å². The Bertz CT molecular complexity index is 1880. The molecule has 1 aliphatic rings. The van der Waals surface area contributed by atoms with Crippen LogP contribution in [-0.4, -0.2) is 71.3 Å². The number of phenolic OH excluding ortho intramolecular Hbond substituents is 1. The topological polar surface area (TPSA) is 192 Å². The standard InChI is InChI=1S/C42H53N5O8/c1-24(2)17-33-41(54)55-34-19-25(3)18-26(4)37(34)42(6,7)22-35(49)45-31(21-29-13-15-30(48)16-14-29)39(52)44-27(5)38(51)43-23-36(50)46-32(40(53)47-33)20-28-11-9-8-10-12-28/h8-16,18-19,24,27,31-33,48H,17,20-23H2,1-7H3,(H,43,51)(H,44,52)(H,45,49)(H,46,50)(H,47,53)/t27-,31?,32+,33?/m1/s1. The van der Waals surface area contributed by atoms with E-state index >= 15 is 0 Å². The van der Waals surface area contributed by atoms with E-state index in [1.807, 2.05) is 65.8 Å². The van der Waals surface area contributed by atoms with Crippen LogP contribution in [0.1, 0.15) is 75.3 Å². The third kappa shape index (κ3) is 12.1. The minimum atomic E-state index is -1.12. The maximum absolute atomic E-state index is 14.0. The number of benzene rings is 3. The molecule has 0 fully saturated rings. The summed E-state index contributed by atoms with van der Waals surface area (Å²) in [6, 6.07) is 14.4. The van der Waals surface area contributed by atoms with Crippen LogP contribution in [-0.2, 0) is 47.0 Å². The summed E-state index contributed by atoms with van der Waals surface area (Å²) in [4.78, 5) is 81.8. The van der Waals surface area contributed by atoms with Crippen LogP contribution < -0.4 is 31.3 Å². The highest BCUT2D eigenvalue weighted by atomic mass is 16.5. The van der Waals surface area contributed by atoms with Crippen LogP contribution in [0.15, 0.2) is 66.7 Å². The molecule has 1 aliphatic heterocycles. The number of aryl methyl sites for hydroxylation is 2. The summed E-state index contributed by atoms with van der Waals surface area (Å²) < 4.78 is 6.11. The summed E-state index contributed by atoms with van der Waals surface area (Å²) in [5.41, 5.74) is 2.65. The Morgan fingerprint density at radius 1 is 0.745 bits per heavy atom. The summed E-state index contributed by atoms with van der Waals surface area (Å²) >= 11 is 0. The second kappa shape index (κ2) is 18.5. The van der Waals surface area contributed by atoms with Gasteiger partial charge in [0.05, 0.1) is 6.54 Å². The summed E-state index contributed by atoms with van der Waals surface area (Å²) in [5.74, 6) is -3.55. The van der Waals surface area contributed by atoms with Gasteiger partial charge < -0.3 is 36.4 Å². The Labute approximate surface area is 322 Å². The molecule has 1 heterocycles. The van der Waals surface area contributed by atoms with E-state index < -0.39 is 71.6 Å². The number of fused-ring (bicyclic) bond motifs is 1. The molecule has 0 saturated carbocycles. The lowest BCUT2D eigenvalue weighted by Crippen LogP contribution is -2.56. The lowest BCUT2D eigenvalue weighted by molar-refractivity contribution is -0.140. The van der Waals surface area contributed by atoms with Crippen molar-refractivity contribution in [3.05, 3.63) is 94.5 Å². The molecule has 0 saturated heterocycles. The molecule has 55 heavy (non-hydrogen) atoms. The van der Waals surface area contributed by atoms with Gasteiger partial charge in [-0.15, -0.1) is 0 Å². The predicted molar refractivity (Wildman–Crippen MR) is 207 cm³/mol. The van der Waals surface area contributed by atoms with Gasteiger partial charge in [-0.2, -0.15) is 0 Å². The van der Waals surface area contributed by atoms with Crippen molar-refractivity contribution in [2.24, 2.45) is 5.92 Å². The van der Waals surface area contributed by atoms with Crippen LogP contribution in [0.4, 0.5) is 0 Å². The van der Waals surface area contributed by atoms with Crippen molar-refractivity contribution in [1.29, 1.82) is 0 Å². The molecule has 2 unspecified atom stereocenters. The molecule has 0 spiro atoms. The number of carbonyl (C=O) groups excluding carboxylic acids is 6. The van der Waals surface area contributed by atoms with Crippen LogP contribution in [0.3, 0.4) is 0 Å². The number of hydrogen-bond acceptors (Lipinski definition) is 8.